The van der Waals surface area contributed by atoms with E-state index in [9.17, 15) is 4.79 Å². The lowest BCUT2D eigenvalue weighted by molar-refractivity contribution is 0.118. The standard InChI is InChI=1S/C12H23N3O/c1-10-7-11(13)9-15(8-10)12(16)14-5-3-2-4-6-14/h10-11H,2-9,13H2,1H3. The van der Waals surface area contributed by atoms with Gasteiger partial charge in [0.05, 0.1) is 0 Å². The minimum absolute atomic E-state index is 0.164. The molecule has 16 heavy (non-hydrogen) atoms. The number of hydrogen-bond donors (Lipinski definition) is 1. The lowest BCUT2D eigenvalue weighted by atomic mass is 9.97. The SMILES string of the molecule is CC1CC(N)CN(C(=O)N2CCCCC2)C1. The van der Waals surface area contributed by atoms with Gasteiger partial charge in [-0.3, -0.25) is 0 Å². The van der Waals surface area contributed by atoms with Gasteiger partial charge in [-0.15, -0.1) is 0 Å². The van der Waals surface area contributed by atoms with Gasteiger partial charge in [0, 0.05) is 32.2 Å². The molecule has 2 rings (SSSR count). The van der Waals surface area contributed by atoms with E-state index in [1.165, 1.54) is 6.42 Å². The maximum absolute atomic E-state index is 12.2. The van der Waals surface area contributed by atoms with E-state index in [1.54, 1.807) is 0 Å². The van der Waals surface area contributed by atoms with Gasteiger partial charge in [0.2, 0.25) is 0 Å². The van der Waals surface area contributed by atoms with Gasteiger partial charge in [0.1, 0.15) is 0 Å². The minimum atomic E-state index is 0.164. The zero-order valence-electron chi connectivity index (χ0n) is 10.2. The molecular weight excluding hydrogens is 202 g/mol. The normalized spacial score (nSPS) is 31.6. The van der Waals surface area contributed by atoms with Gasteiger partial charge >= 0.3 is 6.03 Å². The number of hydrogen-bond acceptors (Lipinski definition) is 2. The van der Waals surface area contributed by atoms with Crippen LogP contribution in [0.5, 0.6) is 0 Å². The van der Waals surface area contributed by atoms with Gasteiger partial charge in [-0.05, 0) is 31.6 Å². The van der Waals surface area contributed by atoms with Gasteiger partial charge in [-0.25, -0.2) is 4.79 Å². The van der Waals surface area contributed by atoms with E-state index >= 15 is 0 Å². The van der Waals surface area contributed by atoms with E-state index in [2.05, 4.69) is 6.92 Å². The van der Waals surface area contributed by atoms with Crippen molar-refractivity contribution in [2.45, 2.75) is 38.6 Å². The first-order valence-electron chi connectivity index (χ1n) is 6.46. The second-order valence-electron chi connectivity index (χ2n) is 5.34. The van der Waals surface area contributed by atoms with Crippen LogP contribution in [0.4, 0.5) is 4.79 Å². The van der Waals surface area contributed by atoms with E-state index in [1.807, 2.05) is 9.80 Å². The number of rotatable bonds is 0. The minimum Gasteiger partial charge on any atom is -0.326 e. The average molecular weight is 225 g/mol. The molecule has 0 aromatic rings. The number of carbonyl (C=O) groups is 1. The van der Waals surface area contributed by atoms with Crippen molar-refractivity contribution in [2.24, 2.45) is 11.7 Å². The first kappa shape index (κ1) is 11.7. The Bertz CT molecular complexity index is 241. The van der Waals surface area contributed by atoms with Crippen LogP contribution in [0.2, 0.25) is 0 Å². The largest absolute Gasteiger partial charge is 0.326 e. The molecule has 2 aliphatic heterocycles. The quantitative estimate of drug-likeness (QED) is 0.675. The summed E-state index contributed by atoms with van der Waals surface area (Å²) in [4.78, 5) is 16.2. The number of nitrogens with two attached hydrogens (primary N) is 1. The Balaban J connectivity index is 1.92. The summed E-state index contributed by atoms with van der Waals surface area (Å²) >= 11 is 0. The van der Waals surface area contributed by atoms with Crippen molar-refractivity contribution < 1.29 is 4.79 Å². The fraction of sp³-hybridized carbons (Fsp3) is 0.917. The van der Waals surface area contributed by atoms with Crippen LogP contribution in [0.15, 0.2) is 0 Å². The van der Waals surface area contributed by atoms with Gasteiger partial charge in [-0.2, -0.15) is 0 Å². The van der Waals surface area contributed by atoms with Gasteiger partial charge in [0.25, 0.3) is 0 Å². The van der Waals surface area contributed by atoms with Crippen molar-refractivity contribution >= 4 is 6.03 Å². The number of amides is 2. The van der Waals surface area contributed by atoms with E-state index < -0.39 is 0 Å². The monoisotopic (exact) mass is 225 g/mol. The Morgan fingerprint density at radius 1 is 1.12 bits per heavy atom. The molecule has 4 heteroatoms. The highest BCUT2D eigenvalue weighted by Gasteiger charge is 2.29. The van der Waals surface area contributed by atoms with Gasteiger partial charge in [0.15, 0.2) is 0 Å². The van der Waals surface area contributed by atoms with E-state index in [0.29, 0.717) is 5.92 Å². The summed E-state index contributed by atoms with van der Waals surface area (Å²) in [6.45, 7) is 5.65. The molecule has 2 aliphatic rings. The first-order valence-corrected chi connectivity index (χ1v) is 6.46. The molecule has 0 radical (unpaired) electrons. The molecule has 2 N–H and O–H groups in total. The second-order valence-corrected chi connectivity index (χ2v) is 5.34. The lowest BCUT2D eigenvalue weighted by Crippen LogP contribution is -2.53. The molecule has 2 heterocycles. The zero-order chi connectivity index (χ0) is 11.5. The number of carbonyl (C=O) groups excluding carboxylic acids is 1. The maximum Gasteiger partial charge on any atom is 0.320 e. The van der Waals surface area contributed by atoms with Crippen LogP contribution in [0.25, 0.3) is 0 Å². The van der Waals surface area contributed by atoms with Crippen LogP contribution < -0.4 is 5.73 Å². The molecule has 0 saturated carbocycles. The van der Waals surface area contributed by atoms with Gasteiger partial charge in [-0.1, -0.05) is 6.92 Å². The Hall–Kier alpha value is -0.770. The molecular formula is C12H23N3O. The summed E-state index contributed by atoms with van der Waals surface area (Å²) in [5, 5.41) is 0. The van der Waals surface area contributed by atoms with Crippen LogP contribution in [0.1, 0.15) is 32.6 Å². The van der Waals surface area contributed by atoms with E-state index in [0.717, 1.165) is 45.4 Å². The molecule has 92 valence electrons. The third kappa shape index (κ3) is 2.67. The summed E-state index contributed by atoms with van der Waals surface area (Å²) < 4.78 is 0. The Morgan fingerprint density at radius 2 is 1.81 bits per heavy atom. The van der Waals surface area contributed by atoms with Crippen molar-refractivity contribution in [3.05, 3.63) is 0 Å². The van der Waals surface area contributed by atoms with E-state index in [4.69, 9.17) is 5.73 Å². The van der Waals surface area contributed by atoms with Crippen LogP contribution in [-0.2, 0) is 0 Å². The average Bonchev–Trinajstić information content (AvgIpc) is 2.28. The molecule has 0 spiro atoms. The fourth-order valence-corrected chi connectivity index (χ4v) is 2.84. The molecule has 2 unspecified atom stereocenters. The topological polar surface area (TPSA) is 49.6 Å². The molecule has 0 aromatic heterocycles. The molecule has 2 fully saturated rings. The maximum atomic E-state index is 12.2. The molecule has 0 bridgehead atoms. The highest BCUT2D eigenvalue weighted by atomic mass is 16.2. The van der Waals surface area contributed by atoms with Crippen molar-refractivity contribution in [2.75, 3.05) is 26.2 Å². The van der Waals surface area contributed by atoms with Crippen LogP contribution in [-0.4, -0.2) is 48.1 Å². The number of likely N-dealkylation sites (tertiary alicyclic amines) is 2. The summed E-state index contributed by atoms with van der Waals surface area (Å²) in [6.07, 6.45) is 4.62. The van der Waals surface area contributed by atoms with Crippen molar-refractivity contribution in [3.63, 3.8) is 0 Å². The molecule has 0 aliphatic carbocycles. The lowest BCUT2D eigenvalue weighted by Gasteiger charge is -2.39. The van der Waals surface area contributed by atoms with Crippen molar-refractivity contribution in [1.82, 2.24) is 9.80 Å². The fourth-order valence-electron chi connectivity index (χ4n) is 2.84. The van der Waals surface area contributed by atoms with Crippen LogP contribution >= 0.6 is 0 Å². The van der Waals surface area contributed by atoms with Crippen LogP contribution in [0.3, 0.4) is 0 Å². The summed E-state index contributed by atoms with van der Waals surface area (Å²) in [5.41, 5.74) is 5.97. The third-order valence-corrected chi connectivity index (χ3v) is 3.59. The smallest absolute Gasteiger partial charge is 0.320 e. The molecule has 2 saturated heterocycles. The molecule has 0 aromatic carbocycles. The predicted octanol–water partition coefficient (Wildman–Crippen LogP) is 1.26. The number of piperidine rings is 2. The zero-order valence-corrected chi connectivity index (χ0v) is 10.2. The molecule has 2 amide bonds. The Morgan fingerprint density at radius 3 is 2.44 bits per heavy atom. The predicted molar refractivity (Wildman–Crippen MR) is 64.1 cm³/mol. The van der Waals surface area contributed by atoms with Crippen LogP contribution in [0, 0.1) is 5.92 Å². The Kier molecular flexibility index (Phi) is 3.69. The summed E-state index contributed by atoms with van der Waals surface area (Å²) in [7, 11) is 0. The number of nitrogens with zero attached hydrogens (tertiary/aromatic N) is 2. The highest BCUT2D eigenvalue weighted by molar-refractivity contribution is 5.74. The van der Waals surface area contributed by atoms with Crippen molar-refractivity contribution in [3.8, 4) is 0 Å². The second kappa shape index (κ2) is 5.04. The van der Waals surface area contributed by atoms with Crippen molar-refractivity contribution in [1.29, 1.82) is 0 Å². The third-order valence-electron chi connectivity index (χ3n) is 3.59. The summed E-state index contributed by atoms with van der Waals surface area (Å²) in [6, 6.07) is 0.374. The summed E-state index contributed by atoms with van der Waals surface area (Å²) in [5.74, 6) is 0.539. The number of urea groups is 1. The molecule has 4 nitrogen and oxygen atoms in total. The van der Waals surface area contributed by atoms with Gasteiger partial charge < -0.3 is 15.5 Å². The van der Waals surface area contributed by atoms with E-state index in [-0.39, 0.29) is 12.1 Å². The first-order chi connectivity index (χ1) is 7.66. The Labute approximate surface area is 97.8 Å². The highest BCUT2D eigenvalue weighted by Crippen LogP contribution is 2.18. The molecule has 2 atom stereocenters.